The van der Waals surface area contributed by atoms with E-state index in [1.54, 1.807) is 0 Å². The van der Waals surface area contributed by atoms with E-state index in [4.69, 9.17) is 0 Å². The molecule has 0 saturated carbocycles. The molecular formula is C8H17N. The molecule has 0 atom stereocenters. The van der Waals surface area contributed by atoms with Gasteiger partial charge in [0.1, 0.15) is 0 Å². The molecule has 1 nitrogen and oxygen atoms in total. The summed E-state index contributed by atoms with van der Waals surface area (Å²) in [5.74, 6) is 0.693. The average molecular weight is 127 g/mol. The summed E-state index contributed by atoms with van der Waals surface area (Å²) in [5.41, 5.74) is 1.46. The van der Waals surface area contributed by atoms with Crippen LogP contribution >= 0.6 is 0 Å². The van der Waals surface area contributed by atoms with Crippen LogP contribution in [-0.4, -0.2) is 13.6 Å². The Hall–Kier alpha value is -0.300. The van der Waals surface area contributed by atoms with E-state index in [9.17, 15) is 0 Å². The Morgan fingerprint density at radius 2 is 2.11 bits per heavy atom. The van der Waals surface area contributed by atoms with Crippen molar-refractivity contribution in [3.05, 3.63) is 11.6 Å². The SMILES string of the molecule is CNC/C=C(/C)C(C)C. The average Bonchev–Trinajstić information content (AvgIpc) is 1.82. The molecule has 0 fully saturated rings. The maximum atomic E-state index is 3.08. The molecule has 1 heteroatoms. The van der Waals surface area contributed by atoms with Gasteiger partial charge in [0.15, 0.2) is 0 Å². The van der Waals surface area contributed by atoms with Gasteiger partial charge in [-0.05, 0) is 19.9 Å². The molecule has 0 aromatic heterocycles. The number of allylic oxidation sites excluding steroid dienone is 1. The molecule has 0 aliphatic rings. The topological polar surface area (TPSA) is 12.0 Å². The fourth-order valence-electron chi connectivity index (χ4n) is 0.499. The standard InChI is InChI=1S/C8H17N/c1-7(2)8(3)5-6-9-4/h5,7,9H,6H2,1-4H3/b8-5-. The van der Waals surface area contributed by atoms with Gasteiger partial charge in [0.05, 0.1) is 0 Å². The Bertz CT molecular complexity index is 92.7. The van der Waals surface area contributed by atoms with Crippen molar-refractivity contribution in [2.75, 3.05) is 13.6 Å². The van der Waals surface area contributed by atoms with E-state index in [1.807, 2.05) is 7.05 Å². The predicted molar refractivity (Wildman–Crippen MR) is 42.5 cm³/mol. The zero-order valence-electron chi connectivity index (χ0n) is 6.86. The Balaban J connectivity index is 3.55. The normalized spacial score (nSPS) is 12.8. The van der Waals surface area contributed by atoms with Crippen LogP contribution in [0.25, 0.3) is 0 Å². The largest absolute Gasteiger partial charge is 0.316 e. The number of rotatable bonds is 3. The van der Waals surface area contributed by atoms with Crippen molar-refractivity contribution in [3.8, 4) is 0 Å². The van der Waals surface area contributed by atoms with Gasteiger partial charge >= 0.3 is 0 Å². The molecule has 0 aromatic carbocycles. The maximum absolute atomic E-state index is 3.08. The minimum atomic E-state index is 0.693. The molecule has 0 rings (SSSR count). The molecule has 0 spiro atoms. The van der Waals surface area contributed by atoms with Gasteiger partial charge in [-0.15, -0.1) is 0 Å². The van der Waals surface area contributed by atoms with E-state index in [0.717, 1.165) is 6.54 Å². The second-order valence-corrected chi connectivity index (χ2v) is 2.66. The highest BCUT2D eigenvalue weighted by atomic mass is 14.8. The van der Waals surface area contributed by atoms with Crippen LogP contribution < -0.4 is 5.32 Å². The van der Waals surface area contributed by atoms with E-state index >= 15 is 0 Å². The Labute approximate surface area is 58.2 Å². The minimum absolute atomic E-state index is 0.693. The lowest BCUT2D eigenvalue weighted by Crippen LogP contribution is -2.05. The third kappa shape index (κ3) is 4.22. The van der Waals surface area contributed by atoms with E-state index < -0.39 is 0 Å². The predicted octanol–water partition coefficient (Wildman–Crippen LogP) is 1.81. The monoisotopic (exact) mass is 127 g/mol. The molecule has 0 unspecified atom stereocenters. The number of hydrogen-bond donors (Lipinski definition) is 1. The van der Waals surface area contributed by atoms with E-state index in [1.165, 1.54) is 5.57 Å². The summed E-state index contributed by atoms with van der Waals surface area (Å²) < 4.78 is 0. The van der Waals surface area contributed by atoms with Gasteiger partial charge in [0, 0.05) is 6.54 Å². The number of likely N-dealkylation sites (N-methyl/N-ethyl adjacent to an activating group) is 1. The minimum Gasteiger partial charge on any atom is -0.316 e. The zero-order valence-corrected chi connectivity index (χ0v) is 6.86. The molecule has 0 aromatic rings. The van der Waals surface area contributed by atoms with Crippen LogP contribution in [-0.2, 0) is 0 Å². The summed E-state index contributed by atoms with van der Waals surface area (Å²) in [6, 6.07) is 0. The van der Waals surface area contributed by atoms with Crippen LogP contribution in [0, 0.1) is 5.92 Å². The molecule has 0 amide bonds. The quantitative estimate of drug-likeness (QED) is 0.570. The molecule has 0 radical (unpaired) electrons. The molecule has 54 valence electrons. The third-order valence-corrected chi connectivity index (χ3v) is 1.54. The van der Waals surface area contributed by atoms with Gasteiger partial charge in [0.25, 0.3) is 0 Å². The van der Waals surface area contributed by atoms with Gasteiger partial charge < -0.3 is 5.32 Å². The van der Waals surface area contributed by atoms with Crippen LogP contribution in [0.2, 0.25) is 0 Å². The summed E-state index contributed by atoms with van der Waals surface area (Å²) in [6.07, 6.45) is 2.23. The maximum Gasteiger partial charge on any atom is 0.0134 e. The second-order valence-electron chi connectivity index (χ2n) is 2.66. The lowest BCUT2D eigenvalue weighted by molar-refractivity contribution is 0.757. The van der Waals surface area contributed by atoms with Gasteiger partial charge in [-0.1, -0.05) is 25.5 Å². The fraction of sp³-hybridized carbons (Fsp3) is 0.750. The highest BCUT2D eigenvalue weighted by Crippen LogP contribution is 2.05. The fourth-order valence-corrected chi connectivity index (χ4v) is 0.499. The van der Waals surface area contributed by atoms with Crippen molar-refractivity contribution in [1.29, 1.82) is 0 Å². The first kappa shape index (κ1) is 8.70. The lowest BCUT2D eigenvalue weighted by Gasteiger charge is -2.03. The van der Waals surface area contributed by atoms with Crippen molar-refractivity contribution in [2.24, 2.45) is 5.92 Å². The summed E-state index contributed by atoms with van der Waals surface area (Å²) in [7, 11) is 1.96. The number of nitrogens with one attached hydrogen (secondary N) is 1. The van der Waals surface area contributed by atoms with Gasteiger partial charge in [-0.2, -0.15) is 0 Å². The third-order valence-electron chi connectivity index (χ3n) is 1.54. The van der Waals surface area contributed by atoms with Gasteiger partial charge in [-0.3, -0.25) is 0 Å². The molecule has 1 N–H and O–H groups in total. The molecular weight excluding hydrogens is 110 g/mol. The van der Waals surface area contributed by atoms with E-state index in [-0.39, 0.29) is 0 Å². The van der Waals surface area contributed by atoms with Crippen LogP contribution in [0.4, 0.5) is 0 Å². The van der Waals surface area contributed by atoms with Gasteiger partial charge in [0.2, 0.25) is 0 Å². The van der Waals surface area contributed by atoms with Crippen molar-refractivity contribution >= 4 is 0 Å². The smallest absolute Gasteiger partial charge is 0.0134 e. The first-order chi connectivity index (χ1) is 4.18. The summed E-state index contributed by atoms with van der Waals surface area (Å²) in [6.45, 7) is 7.58. The van der Waals surface area contributed by atoms with Crippen molar-refractivity contribution in [3.63, 3.8) is 0 Å². The second kappa shape index (κ2) is 4.57. The Kier molecular flexibility index (Phi) is 4.41. The van der Waals surface area contributed by atoms with E-state index in [0.29, 0.717) is 5.92 Å². The molecule has 0 aliphatic carbocycles. The summed E-state index contributed by atoms with van der Waals surface area (Å²) >= 11 is 0. The Morgan fingerprint density at radius 3 is 2.44 bits per heavy atom. The zero-order chi connectivity index (χ0) is 7.28. The van der Waals surface area contributed by atoms with Crippen LogP contribution in [0.1, 0.15) is 20.8 Å². The van der Waals surface area contributed by atoms with E-state index in [2.05, 4.69) is 32.2 Å². The molecule has 0 heterocycles. The summed E-state index contributed by atoms with van der Waals surface area (Å²) in [4.78, 5) is 0. The van der Waals surface area contributed by atoms with Crippen molar-refractivity contribution < 1.29 is 0 Å². The van der Waals surface area contributed by atoms with Crippen molar-refractivity contribution in [2.45, 2.75) is 20.8 Å². The molecule has 0 bridgehead atoms. The first-order valence-electron chi connectivity index (χ1n) is 3.49. The molecule has 0 saturated heterocycles. The highest BCUT2D eigenvalue weighted by molar-refractivity contribution is 5.01. The van der Waals surface area contributed by atoms with Crippen molar-refractivity contribution in [1.82, 2.24) is 5.32 Å². The lowest BCUT2D eigenvalue weighted by atomic mass is 10.1. The van der Waals surface area contributed by atoms with Crippen LogP contribution in [0.3, 0.4) is 0 Å². The number of hydrogen-bond acceptors (Lipinski definition) is 1. The molecule has 0 aliphatic heterocycles. The Morgan fingerprint density at radius 1 is 1.56 bits per heavy atom. The van der Waals surface area contributed by atoms with Gasteiger partial charge in [-0.25, -0.2) is 0 Å². The van der Waals surface area contributed by atoms with Crippen LogP contribution in [0.15, 0.2) is 11.6 Å². The molecule has 9 heavy (non-hydrogen) atoms. The summed E-state index contributed by atoms with van der Waals surface area (Å²) in [5, 5.41) is 3.08. The van der Waals surface area contributed by atoms with Crippen LogP contribution in [0.5, 0.6) is 0 Å². The first-order valence-corrected chi connectivity index (χ1v) is 3.49. The highest BCUT2D eigenvalue weighted by Gasteiger charge is 1.92.